The molecule has 0 saturated carbocycles. The van der Waals surface area contributed by atoms with Crippen molar-refractivity contribution >= 4 is 5.69 Å². The number of likely N-dealkylation sites (tertiary alicyclic amines) is 1. The molecule has 1 fully saturated rings. The van der Waals surface area contributed by atoms with Crippen molar-refractivity contribution in [2.45, 2.75) is 38.0 Å². The normalized spacial score (nSPS) is 19.7. The third-order valence-corrected chi connectivity index (χ3v) is 6.46. The van der Waals surface area contributed by atoms with Crippen LogP contribution in [0.2, 0.25) is 0 Å². The van der Waals surface area contributed by atoms with Crippen LogP contribution in [0.3, 0.4) is 0 Å². The van der Waals surface area contributed by atoms with Gasteiger partial charge in [-0.1, -0.05) is 36.4 Å². The van der Waals surface area contributed by atoms with Crippen LogP contribution >= 0.6 is 0 Å². The molecule has 1 N–H and O–H groups in total. The fraction of sp³-hybridized carbons (Fsp3) is 0.400. The van der Waals surface area contributed by atoms with E-state index in [1.54, 1.807) is 0 Å². The zero-order chi connectivity index (χ0) is 20.5. The summed E-state index contributed by atoms with van der Waals surface area (Å²) in [5, 5.41) is 3.18. The molecule has 30 heavy (non-hydrogen) atoms. The van der Waals surface area contributed by atoms with Gasteiger partial charge >= 0.3 is 0 Å². The second-order valence-corrected chi connectivity index (χ2v) is 8.47. The van der Waals surface area contributed by atoms with Gasteiger partial charge in [0.05, 0.1) is 11.8 Å². The van der Waals surface area contributed by atoms with E-state index < -0.39 is 0 Å². The zero-order valence-corrected chi connectivity index (χ0v) is 17.8. The number of nitrogens with zero attached hydrogens (tertiary/aromatic N) is 3. The molecule has 0 amide bonds. The zero-order valence-electron chi connectivity index (χ0n) is 17.8. The van der Waals surface area contributed by atoms with Crippen molar-refractivity contribution in [3.63, 3.8) is 0 Å². The summed E-state index contributed by atoms with van der Waals surface area (Å²) in [5.41, 5.74) is 5.92. The third-order valence-electron chi connectivity index (χ3n) is 6.46. The average Bonchev–Trinajstić information content (AvgIpc) is 3.16. The molecule has 2 aliphatic rings. The Morgan fingerprint density at radius 1 is 1.00 bits per heavy atom. The Kier molecular flexibility index (Phi) is 5.32. The molecule has 0 radical (unpaired) electrons. The van der Waals surface area contributed by atoms with E-state index in [0.29, 0.717) is 0 Å². The lowest BCUT2D eigenvalue weighted by molar-refractivity contribution is -0.0275. The number of anilines is 1. The van der Waals surface area contributed by atoms with Gasteiger partial charge in [0.25, 0.3) is 0 Å². The van der Waals surface area contributed by atoms with E-state index in [1.165, 1.54) is 11.1 Å². The summed E-state index contributed by atoms with van der Waals surface area (Å²) in [7, 11) is 4.13. The number of fused-ring (bicyclic) bond motifs is 2. The van der Waals surface area contributed by atoms with Crippen LogP contribution in [0.4, 0.5) is 5.69 Å². The van der Waals surface area contributed by atoms with Crippen molar-refractivity contribution in [1.29, 1.82) is 0 Å². The molecular formula is C25H30N4O. The van der Waals surface area contributed by atoms with E-state index in [0.717, 1.165) is 61.7 Å². The summed E-state index contributed by atoms with van der Waals surface area (Å²) in [4.78, 5) is 7.49. The molecule has 0 aliphatic carbocycles. The van der Waals surface area contributed by atoms with Gasteiger partial charge in [-0.3, -0.25) is 0 Å². The minimum absolute atomic E-state index is 0.109. The molecule has 5 heteroatoms. The number of ether oxygens (including phenoxy) is 1. The maximum Gasteiger partial charge on any atom is 0.143 e. The standard InChI is InChI=1S/C25H30N4O/c1-26-20-9-7-19(8-10-20)23-17-29-16-11-18-5-3-4-6-22(18)24(25(29)27-23)30-21-12-14-28(2)15-13-21/h3-10,17,21,24,26H,11-16H2,1-2H3. The van der Waals surface area contributed by atoms with Crippen LogP contribution in [0.5, 0.6) is 0 Å². The number of nitrogens with one attached hydrogen (secondary N) is 1. The Balaban J connectivity index is 1.51. The number of aryl methyl sites for hydroxylation is 2. The monoisotopic (exact) mass is 402 g/mol. The first-order valence-electron chi connectivity index (χ1n) is 11.0. The van der Waals surface area contributed by atoms with Crippen LogP contribution in [-0.4, -0.2) is 47.7 Å². The summed E-state index contributed by atoms with van der Waals surface area (Å²) >= 11 is 0. The average molecular weight is 403 g/mol. The van der Waals surface area contributed by atoms with Gasteiger partial charge in [0.15, 0.2) is 0 Å². The molecule has 1 aromatic heterocycles. The number of benzene rings is 2. The van der Waals surface area contributed by atoms with Crippen molar-refractivity contribution < 1.29 is 4.74 Å². The molecule has 1 saturated heterocycles. The largest absolute Gasteiger partial charge is 0.388 e. The summed E-state index contributed by atoms with van der Waals surface area (Å²) in [5.74, 6) is 1.03. The Labute approximate surface area is 178 Å². The summed E-state index contributed by atoms with van der Waals surface area (Å²) in [6.45, 7) is 3.12. The maximum absolute atomic E-state index is 6.78. The lowest BCUT2D eigenvalue weighted by Gasteiger charge is -2.32. The second kappa shape index (κ2) is 8.25. The van der Waals surface area contributed by atoms with Gasteiger partial charge in [-0.05, 0) is 49.6 Å². The molecule has 1 unspecified atom stereocenters. The number of rotatable bonds is 4. The molecule has 1 atom stereocenters. The van der Waals surface area contributed by atoms with E-state index in [1.807, 2.05) is 7.05 Å². The second-order valence-electron chi connectivity index (χ2n) is 8.47. The molecule has 2 aromatic carbocycles. The van der Waals surface area contributed by atoms with Gasteiger partial charge in [0, 0.05) is 44.1 Å². The van der Waals surface area contributed by atoms with Crippen LogP contribution < -0.4 is 5.32 Å². The molecule has 156 valence electrons. The SMILES string of the molecule is CNc1ccc(-c2cn3c(n2)C(OC2CCN(C)CC2)c2ccccc2CC3)cc1. The number of imidazole rings is 1. The summed E-state index contributed by atoms with van der Waals surface area (Å²) in [6, 6.07) is 17.2. The lowest BCUT2D eigenvalue weighted by atomic mass is 10.00. The topological polar surface area (TPSA) is 42.3 Å². The third kappa shape index (κ3) is 3.75. The van der Waals surface area contributed by atoms with Crippen molar-refractivity contribution in [3.05, 3.63) is 71.7 Å². The van der Waals surface area contributed by atoms with Crippen molar-refractivity contribution in [3.8, 4) is 11.3 Å². The highest BCUT2D eigenvalue weighted by Gasteiger charge is 2.30. The predicted octanol–water partition coefficient (Wildman–Crippen LogP) is 4.35. The maximum atomic E-state index is 6.78. The number of piperidine rings is 1. The van der Waals surface area contributed by atoms with Crippen molar-refractivity contribution in [1.82, 2.24) is 14.5 Å². The molecule has 5 nitrogen and oxygen atoms in total. The van der Waals surface area contributed by atoms with E-state index in [4.69, 9.17) is 9.72 Å². The van der Waals surface area contributed by atoms with Gasteiger partial charge < -0.3 is 19.5 Å². The van der Waals surface area contributed by atoms with Crippen molar-refractivity contribution in [2.75, 3.05) is 32.5 Å². The fourth-order valence-electron chi connectivity index (χ4n) is 4.61. The predicted molar refractivity (Wildman–Crippen MR) is 121 cm³/mol. The van der Waals surface area contributed by atoms with E-state index in [2.05, 4.69) is 76.6 Å². The highest BCUT2D eigenvalue weighted by Crippen LogP contribution is 2.35. The number of hydrogen-bond donors (Lipinski definition) is 1. The minimum atomic E-state index is -0.109. The van der Waals surface area contributed by atoms with Crippen molar-refractivity contribution in [2.24, 2.45) is 0 Å². The summed E-state index contributed by atoms with van der Waals surface area (Å²) < 4.78 is 9.09. The Bertz CT molecular complexity index is 1000. The Morgan fingerprint density at radius 3 is 2.53 bits per heavy atom. The van der Waals surface area contributed by atoms with E-state index in [-0.39, 0.29) is 12.2 Å². The van der Waals surface area contributed by atoms with Crippen LogP contribution in [-0.2, 0) is 17.7 Å². The highest BCUT2D eigenvalue weighted by molar-refractivity contribution is 5.62. The first-order chi connectivity index (χ1) is 14.7. The van der Waals surface area contributed by atoms with Crippen LogP contribution in [0, 0.1) is 0 Å². The molecule has 0 spiro atoms. The summed E-state index contributed by atoms with van der Waals surface area (Å²) in [6.07, 6.45) is 5.52. The highest BCUT2D eigenvalue weighted by atomic mass is 16.5. The minimum Gasteiger partial charge on any atom is -0.388 e. The molecule has 5 rings (SSSR count). The Morgan fingerprint density at radius 2 is 1.77 bits per heavy atom. The van der Waals surface area contributed by atoms with Gasteiger partial charge in [-0.15, -0.1) is 0 Å². The number of aromatic nitrogens is 2. The van der Waals surface area contributed by atoms with Gasteiger partial charge in [0.2, 0.25) is 0 Å². The van der Waals surface area contributed by atoms with E-state index >= 15 is 0 Å². The lowest BCUT2D eigenvalue weighted by Crippen LogP contribution is -2.35. The van der Waals surface area contributed by atoms with Crippen LogP contribution in [0.25, 0.3) is 11.3 Å². The Hall–Kier alpha value is -2.63. The first-order valence-corrected chi connectivity index (χ1v) is 11.0. The van der Waals surface area contributed by atoms with E-state index in [9.17, 15) is 0 Å². The molecule has 3 aromatic rings. The van der Waals surface area contributed by atoms with Crippen LogP contribution in [0.15, 0.2) is 54.7 Å². The van der Waals surface area contributed by atoms with Gasteiger partial charge in [-0.25, -0.2) is 4.98 Å². The van der Waals surface area contributed by atoms with Gasteiger partial charge in [-0.2, -0.15) is 0 Å². The molecule has 2 aliphatic heterocycles. The smallest absolute Gasteiger partial charge is 0.143 e. The first kappa shape index (κ1) is 19.3. The van der Waals surface area contributed by atoms with Gasteiger partial charge in [0.1, 0.15) is 11.9 Å². The van der Waals surface area contributed by atoms with Crippen LogP contribution in [0.1, 0.15) is 35.9 Å². The fourth-order valence-corrected chi connectivity index (χ4v) is 4.61. The molecular weight excluding hydrogens is 372 g/mol. The molecule has 0 bridgehead atoms. The molecule has 3 heterocycles. The number of hydrogen-bond acceptors (Lipinski definition) is 4. The quantitative estimate of drug-likeness (QED) is 0.705.